The Morgan fingerprint density at radius 2 is 1.41 bits per heavy atom. The predicted molar refractivity (Wildman–Crippen MR) is 170 cm³/mol. The zero-order valence-corrected chi connectivity index (χ0v) is 24.3. The second kappa shape index (κ2) is 9.56. The first-order valence-electron chi connectivity index (χ1n) is 14.7. The minimum absolute atomic E-state index is 0.0519. The first-order valence-corrected chi connectivity index (χ1v) is 14.7. The van der Waals surface area contributed by atoms with Crippen molar-refractivity contribution in [2.75, 3.05) is 11.4 Å². The molecule has 4 aromatic rings. The van der Waals surface area contributed by atoms with E-state index in [0.29, 0.717) is 11.8 Å². The molecule has 0 saturated heterocycles. The summed E-state index contributed by atoms with van der Waals surface area (Å²) in [5.74, 6) is 1.02. The van der Waals surface area contributed by atoms with Crippen LogP contribution in [-0.4, -0.2) is 6.54 Å². The van der Waals surface area contributed by atoms with Gasteiger partial charge in [0.05, 0.1) is 0 Å². The highest BCUT2D eigenvalue weighted by Gasteiger charge is 2.44. The van der Waals surface area contributed by atoms with Crippen LogP contribution in [-0.2, 0) is 10.8 Å². The number of rotatable bonds is 5. The highest BCUT2D eigenvalue weighted by atomic mass is 15.2. The Labute approximate surface area is 234 Å². The van der Waals surface area contributed by atoms with Crippen LogP contribution in [0.1, 0.15) is 70.6 Å². The molecule has 0 aromatic heterocycles. The van der Waals surface area contributed by atoms with E-state index in [1.54, 1.807) is 5.56 Å². The van der Waals surface area contributed by atoms with Gasteiger partial charge in [0.2, 0.25) is 0 Å². The van der Waals surface area contributed by atoms with Crippen molar-refractivity contribution in [1.29, 1.82) is 0 Å². The molecule has 39 heavy (non-hydrogen) atoms. The molecule has 6 rings (SSSR count). The number of likely N-dealkylation sites (N-methyl/N-ethyl adjacent to an activating group) is 1. The van der Waals surface area contributed by atoms with E-state index in [4.69, 9.17) is 0 Å². The van der Waals surface area contributed by atoms with Gasteiger partial charge in [-0.1, -0.05) is 126 Å². The van der Waals surface area contributed by atoms with Gasteiger partial charge in [0.1, 0.15) is 0 Å². The molecule has 1 heterocycles. The average Bonchev–Trinajstić information content (AvgIpc) is 3.31. The maximum Gasteiger partial charge on any atom is 0.0456 e. The fourth-order valence-electron chi connectivity index (χ4n) is 7.72. The number of nitrogens with zero attached hydrogens (tertiary/aromatic N) is 1. The molecular formula is C38H41N. The highest BCUT2D eigenvalue weighted by Crippen LogP contribution is 2.54. The molecule has 0 amide bonds. The van der Waals surface area contributed by atoms with E-state index >= 15 is 0 Å². The molecule has 0 spiro atoms. The topological polar surface area (TPSA) is 3.24 Å². The van der Waals surface area contributed by atoms with E-state index in [0.717, 1.165) is 13.0 Å². The van der Waals surface area contributed by atoms with Crippen LogP contribution in [0.2, 0.25) is 0 Å². The molecule has 1 nitrogen and oxygen atoms in total. The molecule has 0 saturated carbocycles. The van der Waals surface area contributed by atoms with Crippen LogP contribution >= 0.6 is 0 Å². The van der Waals surface area contributed by atoms with Gasteiger partial charge in [-0.2, -0.15) is 0 Å². The molecule has 4 aromatic carbocycles. The second-order valence-electron chi connectivity index (χ2n) is 12.4. The van der Waals surface area contributed by atoms with Gasteiger partial charge in [0.25, 0.3) is 0 Å². The lowest BCUT2D eigenvalue weighted by Crippen LogP contribution is -2.25. The first-order chi connectivity index (χ1) is 18.8. The molecule has 1 aliphatic carbocycles. The molecule has 0 fully saturated rings. The summed E-state index contributed by atoms with van der Waals surface area (Å²) >= 11 is 0. The zero-order chi connectivity index (χ0) is 27.4. The summed E-state index contributed by atoms with van der Waals surface area (Å²) in [6.45, 7) is 15.2. The number of benzene rings is 4. The lowest BCUT2D eigenvalue weighted by molar-refractivity contribution is 0.364. The molecule has 1 aliphatic heterocycles. The molecule has 0 radical (unpaired) electrons. The van der Waals surface area contributed by atoms with Crippen molar-refractivity contribution in [3.63, 3.8) is 0 Å². The smallest absolute Gasteiger partial charge is 0.0456 e. The van der Waals surface area contributed by atoms with E-state index in [2.05, 4.69) is 150 Å². The Kier molecular flexibility index (Phi) is 6.29. The van der Waals surface area contributed by atoms with Crippen molar-refractivity contribution in [2.45, 2.75) is 64.7 Å². The molecule has 2 aliphatic rings. The fourth-order valence-corrected chi connectivity index (χ4v) is 7.72. The van der Waals surface area contributed by atoms with Crippen molar-refractivity contribution < 1.29 is 0 Å². The Balaban J connectivity index is 1.31. The molecule has 1 heteroatoms. The number of allylic oxidation sites excluding steroid dienone is 6. The first kappa shape index (κ1) is 25.7. The summed E-state index contributed by atoms with van der Waals surface area (Å²) in [7, 11) is 0. The summed E-state index contributed by atoms with van der Waals surface area (Å²) < 4.78 is 0. The molecule has 198 valence electrons. The fraction of sp³-hybridized carbons (Fsp3) is 0.316. The summed E-state index contributed by atoms with van der Waals surface area (Å²) in [4.78, 5) is 2.49. The van der Waals surface area contributed by atoms with Crippen LogP contribution < -0.4 is 4.90 Å². The van der Waals surface area contributed by atoms with Gasteiger partial charge in [-0.15, -0.1) is 0 Å². The van der Waals surface area contributed by atoms with Gasteiger partial charge >= 0.3 is 0 Å². The van der Waals surface area contributed by atoms with Crippen molar-refractivity contribution in [3.8, 4) is 0 Å². The monoisotopic (exact) mass is 511 g/mol. The van der Waals surface area contributed by atoms with Crippen molar-refractivity contribution in [1.82, 2.24) is 0 Å². The standard InChI is InChI=1S/C38H41N/c1-7-28-31(37(3,4)32-24-22-26-16-12-14-18-29(26)35(28)32)20-10-9-11-21-34-38(5,6)36-30-19-15-13-17-27(30)23-25-33(36)39(34)8-2/h9-25,28,31H,7-8H2,1-6H3. The van der Waals surface area contributed by atoms with Crippen molar-refractivity contribution >= 4 is 27.2 Å². The number of anilines is 1. The van der Waals surface area contributed by atoms with Crippen LogP contribution in [0.5, 0.6) is 0 Å². The van der Waals surface area contributed by atoms with Gasteiger partial charge in [-0.05, 0) is 81.0 Å². The third-order valence-corrected chi connectivity index (χ3v) is 9.61. The molecular weight excluding hydrogens is 470 g/mol. The Bertz CT molecular complexity index is 1640. The Morgan fingerprint density at radius 3 is 2.13 bits per heavy atom. The minimum atomic E-state index is -0.0519. The van der Waals surface area contributed by atoms with Crippen LogP contribution in [0.3, 0.4) is 0 Å². The van der Waals surface area contributed by atoms with Crippen LogP contribution in [0.15, 0.2) is 109 Å². The normalized spacial score (nSPS) is 22.5. The lowest BCUT2D eigenvalue weighted by atomic mass is 9.75. The number of fused-ring (bicyclic) bond motifs is 6. The van der Waals surface area contributed by atoms with E-state index < -0.39 is 0 Å². The van der Waals surface area contributed by atoms with E-state index in [1.807, 2.05) is 0 Å². The van der Waals surface area contributed by atoms with E-state index in [9.17, 15) is 0 Å². The van der Waals surface area contributed by atoms with Gasteiger partial charge in [0, 0.05) is 23.3 Å². The quantitative estimate of drug-likeness (QED) is 0.241. The Hall–Kier alpha value is -3.58. The molecule has 0 N–H and O–H groups in total. The maximum absolute atomic E-state index is 2.49. The molecule has 0 bridgehead atoms. The molecule has 2 unspecified atom stereocenters. The molecule has 2 atom stereocenters. The summed E-state index contributed by atoms with van der Waals surface area (Å²) in [5.41, 5.74) is 7.30. The predicted octanol–water partition coefficient (Wildman–Crippen LogP) is 10.2. The van der Waals surface area contributed by atoms with Crippen LogP contribution in [0.4, 0.5) is 5.69 Å². The van der Waals surface area contributed by atoms with E-state index in [-0.39, 0.29) is 10.8 Å². The van der Waals surface area contributed by atoms with Gasteiger partial charge in [0.15, 0.2) is 0 Å². The average molecular weight is 512 g/mol. The van der Waals surface area contributed by atoms with Gasteiger partial charge in [-0.25, -0.2) is 0 Å². The van der Waals surface area contributed by atoms with Crippen molar-refractivity contribution in [2.24, 2.45) is 5.92 Å². The third-order valence-electron chi connectivity index (χ3n) is 9.61. The summed E-state index contributed by atoms with van der Waals surface area (Å²) in [6, 6.07) is 27.0. The Morgan fingerprint density at radius 1 is 0.744 bits per heavy atom. The van der Waals surface area contributed by atoms with E-state index in [1.165, 1.54) is 44.1 Å². The minimum Gasteiger partial charge on any atom is -0.344 e. The number of hydrogen-bond acceptors (Lipinski definition) is 1. The van der Waals surface area contributed by atoms with Crippen molar-refractivity contribution in [3.05, 3.63) is 126 Å². The van der Waals surface area contributed by atoms with Crippen LogP contribution in [0.25, 0.3) is 21.5 Å². The van der Waals surface area contributed by atoms with Crippen LogP contribution in [0, 0.1) is 5.92 Å². The van der Waals surface area contributed by atoms with Gasteiger partial charge < -0.3 is 4.90 Å². The summed E-state index contributed by atoms with van der Waals surface area (Å²) in [6.07, 6.45) is 12.7. The third kappa shape index (κ3) is 3.89. The largest absolute Gasteiger partial charge is 0.344 e. The maximum atomic E-state index is 2.49. The second-order valence-corrected chi connectivity index (χ2v) is 12.4. The van der Waals surface area contributed by atoms with Gasteiger partial charge in [-0.3, -0.25) is 0 Å². The lowest BCUT2D eigenvalue weighted by Gasteiger charge is -2.28. The highest BCUT2D eigenvalue weighted by molar-refractivity contribution is 5.95. The zero-order valence-electron chi connectivity index (χ0n) is 24.3. The SMILES string of the molecule is CCC1c2c(ccc3ccccc23)C(C)(C)C1C=CC=CC=C1N(CC)c2ccc3ccccc3c2C1(C)C. The number of hydrogen-bond donors (Lipinski definition) is 0. The summed E-state index contributed by atoms with van der Waals surface area (Å²) in [5, 5.41) is 5.47.